The molecule has 0 bridgehead atoms. The SMILES string of the molecule is O=C(NC1CC(Cn2ccnc2)C1)c1ccc(N2CCOCC2)nc1. The normalized spacial score (nSPS) is 23.1. The number of nitrogens with zero attached hydrogens (tertiary/aromatic N) is 4. The van der Waals surface area contributed by atoms with E-state index in [4.69, 9.17) is 4.74 Å². The van der Waals surface area contributed by atoms with E-state index in [0.717, 1.165) is 51.5 Å². The molecule has 1 aliphatic heterocycles. The summed E-state index contributed by atoms with van der Waals surface area (Å²) in [6.07, 6.45) is 9.32. The number of carbonyl (C=O) groups is 1. The molecule has 2 aromatic rings. The number of imidazole rings is 1. The van der Waals surface area contributed by atoms with Crippen LogP contribution in [0, 0.1) is 5.92 Å². The lowest BCUT2D eigenvalue weighted by atomic mass is 9.80. The van der Waals surface area contributed by atoms with Crippen LogP contribution < -0.4 is 10.2 Å². The van der Waals surface area contributed by atoms with Gasteiger partial charge in [-0.25, -0.2) is 9.97 Å². The molecule has 132 valence electrons. The molecule has 25 heavy (non-hydrogen) atoms. The summed E-state index contributed by atoms with van der Waals surface area (Å²) in [5.74, 6) is 1.48. The van der Waals surface area contributed by atoms with Crippen LogP contribution in [0.15, 0.2) is 37.1 Å². The first-order valence-corrected chi connectivity index (χ1v) is 8.83. The second kappa shape index (κ2) is 7.23. The van der Waals surface area contributed by atoms with Gasteiger partial charge in [0.05, 0.1) is 25.1 Å². The maximum atomic E-state index is 12.4. The van der Waals surface area contributed by atoms with Crippen molar-refractivity contribution >= 4 is 11.7 Å². The first-order valence-electron chi connectivity index (χ1n) is 8.83. The molecule has 7 nitrogen and oxygen atoms in total. The van der Waals surface area contributed by atoms with Crippen LogP contribution >= 0.6 is 0 Å². The van der Waals surface area contributed by atoms with Crippen molar-refractivity contribution in [2.45, 2.75) is 25.4 Å². The molecular weight excluding hydrogens is 318 g/mol. The summed E-state index contributed by atoms with van der Waals surface area (Å²) in [5, 5.41) is 3.10. The van der Waals surface area contributed by atoms with Gasteiger partial charge in [-0.05, 0) is 30.9 Å². The molecule has 2 fully saturated rings. The van der Waals surface area contributed by atoms with E-state index in [0.29, 0.717) is 11.5 Å². The number of nitrogens with one attached hydrogen (secondary N) is 1. The third-order valence-corrected chi connectivity index (χ3v) is 4.94. The fourth-order valence-electron chi connectivity index (χ4n) is 3.46. The van der Waals surface area contributed by atoms with Gasteiger partial charge in [-0.3, -0.25) is 4.79 Å². The number of anilines is 1. The number of aromatic nitrogens is 3. The van der Waals surface area contributed by atoms with E-state index in [-0.39, 0.29) is 11.9 Å². The number of hydrogen-bond acceptors (Lipinski definition) is 5. The lowest BCUT2D eigenvalue weighted by molar-refractivity contribution is 0.0881. The highest BCUT2D eigenvalue weighted by molar-refractivity contribution is 5.94. The largest absolute Gasteiger partial charge is 0.378 e. The standard InChI is InChI=1S/C18H23N5O2/c24-18(21-16-9-14(10-16)12-22-4-3-19-13-22)15-1-2-17(20-11-15)23-5-7-25-8-6-23/h1-4,11,13-14,16H,5-10,12H2,(H,21,24). The number of ether oxygens (including phenoxy) is 1. The Kier molecular flexibility index (Phi) is 4.65. The molecule has 1 N–H and O–H groups in total. The van der Waals surface area contributed by atoms with Gasteiger partial charge in [-0.1, -0.05) is 0 Å². The van der Waals surface area contributed by atoms with E-state index in [1.807, 2.05) is 24.7 Å². The fraction of sp³-hybridized carbons (Fsp3) is 0.500. The molecule has 7 heteroatoms. The maximum absolute atomic E-state index is 12.4. The monoisotopic (exact) mass is 341 g/mol. The van der Waals surface area contributed by atoms with Gasteiger partial charge in [0, 0.05) is 44.3 Å². The Balaban J connectivity index is 1.26. The van der Waals surface area contributed by atoms with Crippen LogP contribution in [-0.4, -0.2) is 52.8 Å². The van der Waals surface area contributed by atoms with Crippen LogP contribution in [0.1, 0.15) is 23.2 Å². The molecule has 0 radical (unpaired) electrons. The molecule has 1 aliphatic carbocycles. The molecule has 0 unspecified atom stereocenters. The zero-order chi connectivity index (χ0) is 17.1. The number of hydrogen-bond donors (Lipinski definition) is 1. The van der Waals surface area contributed by atoms with Crippen molar-refractivity contribution in [3.05, 3.63) is 42.6 Å². The highest BCUT2D eigenvalue weighted by atomic mass is 16.5. The lowest BCUT2D eigenvalue weighted by Crippen LogP contribution is -2.45. The molecule has 0 spiro atoms. The number of carbonyl (C=O) groups excluding carboxylic acids is 1. The van der Waals surface area contributed by atoms with Gasteiger partial charge in [-0.2, -0.15) is 0 Å². The van der Waals surface area contributed by atoms with Crippen molar-refractivity contribution in [1.29, 1.82) is 0 Å². The first kappa shape index (κ1) is 16.1. The average Bonchev–Trinajstić information content (AvgIpc) is 3.14. The molecule has 1 saturated carbocycles. The van der Waals surface area contributed by atoms with Gasteiger partial charge in [0.15, 0.2) is 0 Å². The Hall–Kier alpha value is -2.41. The summed E-state index contributed by atoms with van der Waals surface area (Å²) in [7, 11) is 0. The second-order valence-corrected chi connectivity index (χ2v) is 6.77. The van der Waals surface area contributed by atoms with Crippen LogP contribution in [0.2, 0.25) is 0 Å². The molecule has 0 aromatic carbocycles. The van der Waals surface area contributed by atoms with E-state index in [9.17, 15) is 4.79 Å². The number of morpholine rings is 1. The molecule has 1 amide bonds. The van der Waals surface area contributed by atoms with E-state index in [1.54, 1.807) is 12.4 Å². The summed E-state index contributed by atoms with van der Waals surface area (Å²) < 4.78 is 7.44. The number of amides is 1. The molecule has 4 rings (SSSR count). The van der Waals surface area contributed by atoms with E-state index in [2.05, 4.69) is 24.8 Å². The lowest BCUT2D eigenvalue weighted by Gasteiger charge is -2.36. The van der Waals surface area contributed by atoms with Crippen LogP contribution in [0.5, 0.6) is 0 Å². The molecule has 0 atom stereocenters. The number of rotatable bonds is 5. The summed E-state index contributed by atoms with van der Waals surface area (Å²) in [6, 6.07) is 4.04. The van der Waals surface area contributed by atoms with Gasteiger partial charge >= 0.3 is 0 Å². The predicted octanol–water partition coefficient (Wildman–Crippen LogP) is 1.32. The van der Waals surface area contributed by atoms with Crippen LogP contribution in [0.4, 0.5) is 5.82 Å². The number of pyridine rings is 1. The Labute approximate surface area is 147 Å². The molecule has 2 aliphatic rings. The Morgan fingerprint density at radius 1 is 1.28 bits per heavy atom. The maximum Gasteiger partial charge on any atom is 0.253 e. The smallest absolute Gasteiger partial charge is 0.253 e. The van der Waals surface area contributed by atoms with Gasteiger partial charge < -0.3 is 19.5 Å². The average molecular weight is 341 g/mol. The van der Waals surface area contributed by atoms with Crippen LogP contribution in [0.3, 0.4) is 0 Å². The second-order valence-electron chi connectivity index (χ2n) is 6.77. The first-order chi connectivity index (χ1) is 12.3. The minimum Gasteiger partial charge on any atom is -0.378 e. The van der Waals surface area contributed by atoms with Gasteiger partial charge in [0.25, 0.3) is 5.91 Å². The highest BCUT2D eigenvalue weighted by Crippen LogP contribution is 2.29. The Bertz CT molecular complexity index is 689. The minimum atomic E-state index is -0.0351. The van der Waals surface area contributed by atoms with E-state index in [1.165, 1.54) is 0 Å². The van der Waals surface area contributed by atoms with Crippen molar-refractivity contribution < 1.29 is 9.53 Å². The highest BCUT2D eigenvalue weighted by Gasteiger charge is 2.30. The summed E-state index contributed by atoms with van der Waals surface area (Å²) in [4.78, 5) is 23.0. The Morgan fingerprint density at radius 3 is 2.80 bits per heavy atom. The third-order valence-electron chi connectivity index (χ3n) is 4.94. The summed E-state index contributed by atoms with van der Waals surface area (Å²) in [5.41, 5.74) is 0.620. The summed E-state index contributed by atoms with van der Waals surface area (Å²) >= 11 is 0. The van der Waals surface area contributed by atoms with Crippen LogP contribution in [0.25, 0.3) is 0 Å². The predicted molar refractivity (Wildman–Crippen MR) is 93.5 cm³/mol. The minimum absolute atomic E-state index is 0.0351. The fourth-order valence-corrected chi connectivity index (χ4v) is 3.46. The van der Waals surface area contributed by atoms with Gasteiger partial charge in [-0.15, -0.1) is 0 Å². The molecule has 1 saturated heterocycles. The van der Waals surface area contributed by atoms with Crippen molar-refractivity contribution in [2.24, 2.45) is 5.92 Å². The molecule has 2 aromatic heterocycles. The third kappa shape index (κ3) is 3.82. The zero-order valence-corrected chi connectivity index (χ0v) is 14.2. The van der Waals surface area contributed by atoms with Gasteiger partial charge in [0.1, 0.15) is 5.82 Å². The summed E-state index contributed by atoms with van der Waals surface area (Å²) in [6.45, 7) is 4.12. The van der Waals surface area contributed by atoms with Crippen molar-refractivity contribution in [1.82, 2.24) is 19.9 Å². The molecular formula is C18H23N5O2. The van der Waals surface area contributed by atoms with E-state index >= 15 is 0 Å². The quantitative estimate of drug-likeness (QED) is 0.888. The molecule has 3 heterocycles. The van der Waals surface area contributed by atoms with Crippen molar-refractivity contribution in [2.75, 3.05) is 31.2 Å². The van der Waals surface area contributed by atoms with E-state index < -0.39 is 0 Å². The Morgan fingerprint density at radius 2 is 2.12 bits per heavy atom. The van der Waals surface area contributed by atoms with Gasteiger partial charge in [0.2, 0.25) is 0 Å². The topological polar surface area (TPSA) is 72.3 Å². The zero-order valence-electron chi connectivity index (χ0n) is 14.2. The van der Waals surface area contributed by atoms with Crippen molar-refractivity contribution in [3.8, 4) is 0 Å². The van der Waals surface area contributed by atoms with Crippen molar-refractivity contribution in [3.63, 3.8) is 0 Å². The van der Waals surface area contributed by atoms with Crippen LogP contribution in [-0.2, 0) is 11.3 Å².